The van der Waals surface area contributed by atoms with Gasteiger partial charge in [0.2, 0.25) is 17.7 Å². The number of rotatable bonds is 7. The fourth-order valence-corrected chi connectivity index (χ4v) is 4.50. The second-order valence-electron chi connectivity index (χ2n) is 7.47. The summed E-state index contributed by atoms with van der Waals surface area (Å²) in [6, 6.07) is 15.1. The van der Waals surface area contributed by atoms with Crippen LogP contribution in [-0.4, -0.2) is 36.6 Å². The van der Waals surface area contributed by atoms with Crippen molar-refractivity contribution in [3.63, 3.8) is 0 Å². The molecule has 11 heteroatoms. The average molecular weight is 513 g/mol. The van der Waals surface area contributed by atoms with Crippen LogP contribution in [0.4, 0.5) is 11.4 Å². The summed E-state index contributed by atoms with van der Waals surface area (Å²) in [5.74, 6) is -4.27. The summed E-state index contributed by atoms with van der Waals surface area (Å²) in [6.45, 7) is 1.39. The minimum absolute atomic E-state index is 0.107. The third kappa shape index (κ3) is 6.41. The third-order valence-corrected chi connectivity index (χ3v) is 6.32. The van der Waals surface area contributed by atoms with Crippen LogP contribution in [0.3, 0.4) is 0 Å². The molecule has 180 valence electrons. The molecule has 2 atom stereocenters. The lowest BCUT2D eigenvalue weighted by atomic mass is 9.78. The van der Waals surface area contributed by atoms with Crippen molar-refractivity contribution in [3.8, 4) is 6.07 Å². The number of benzene rings is 2. The molecule has 1 aliphatic heterocycles. The molecule has 0 fully saturated rings. The van der Waals surface area contributed by atoms with E-state index in [0.29, 0.717) is 22.0 Å². The van der Waals surface area contributed by atoms with Gasteiger partial charge in [-0.3, -0.25) is 19.2 Å². The first-order chi connectivity index (χ1) is 16.7. The first kappa shape index (κ1) is 25.8. The number of methoxy groups -OCH3 is 1. The SMILES string of the molecule is COC(=O)[C@@H]1C(=O)NC(SCC(=O)Nc2ccc(NC(C)=O)cc2)=C(C#N)[C@H]1c1ccc(Cl)cc1. The fraction of sp³-hybridized carbons (Fsp3) is 0.208. The van der Waals surface area contributed by atoms with Gasteiger partial charge in [0.1, 0.15) is 5.92 Å². The van der Waals surface area contributed by atoms with Crippen LogP contribution in [0.2, 0.25) is 5.02 Å². The Bertz CT molecular complexity index is 1220. The van der Waals surface area contributed by atoms with E-state index < -0.39 is 23.7 Å². The molecule has 9 nitrogen and oxygen atoms in total. The van der Waals surface area contributed by atoms with Crippen molar-refractivity contribution in [1.82, 2.24) is 5.32 Å². The van der Waals surface area contributed by atoms with Gasteiger partial charge in [0.05, 0.1) is 29.5 Å². The molecule has 3 rings (SSSR count). The molecule has 0 bridgehead atoms. The van der Waals surface area contributed by atoms with E-state index in [-0.39, 0.29) is 28.2 Å². The molecule has 1 heterocycles. The summed E-state index contributed by atoms with van der Waals surface area (Å²) < 4.78 is 4.81. The molecule has 0 spiro atoms. The van der Waals surface area contributed by atoms with Crippen LogP contribution in [0.15, 0.2) is 59.1 Å². The van der Waals surface area contributed by atoms with E-state index in [2.05, 4.69) is 22.0 Å². The van der Waals surface area contributed by atoms with Gasteiger partial charge in [0.15, 0.2) is 0 Å². The lowest BCUT2D eigenvalue weighted by Crippen LogP contribution is -2.44. The van der Waals surface area contributed by atoms with E-state index in [4.69, 9.17) is 16.3 Å². The number of nitriles is 1. The van der Waals surface area contributed by atoms with E-state index in [1.807, 2.05) is 0 Å². The minimum Gasteiger partial charge on any atom is -0.468 e. The van der Waals surface area contributed by atoms with Crippen LogP contribution >= 0.6 is 23.4 Å². The summed E-state index contributed by atoms with van der Waals surface area (Å²) in [5, 5.41) is 18.5. The molecule has 3 amide bonds. The van der Waals surface area contributed by atoms with Crippen molar-refractivity contribution < 1.29 is 23.9 Å². The van der Waals surface area contributed by atoms with Crippen LogP contribution in [0.1, 0.15) is 18.4 Å². The van der Waals surface area contributed by atoms with Crippen LogP contribution in [-0.2, 0) is 23.9 Å². The van der Waals surface area contributed by atoms with Crippen molar-refractivity contribution in [1.29, 1.82) is 5.26 Å². The number of hydrogen-bond donors (Lipinski definition) is 3. The average Bonchev–Trinajstić information content (AvgIpc) is 2.83. The molecule has 0 saturated heterocycles. The highest BCUT2D eigenvalue weighted by Gasteiger charge is 2.44. The van der Waals surface area contributed by atoms with Crippen molar-refractivity contribution in [2.45, 2.75) is 12.8 Å². The highest BCUT2D eigenvalue weighted by atomic mass is 35.5. The Balaban J connectivity index is 1.80. The summed E-state index contributed by atoms with van der Waals surface area (Å²) in [5.41, 5.74) is 1.78. The first-order valence-electron chi connectivity index (χ1n) is 10.3. The summed E-state index contributed by atoms with van der Waals surface area (Å²) in [6.07, 6.45) is 0. The van der Waals surface area contributed by atoms with E-state index in [1.54, 1.807) is 48.5 Å². The predicted octanol–water partition coefficient (Wildman–Crippen LogP) is 3.41. The molecular formula is C24H21ClN4O5S. The number of amides is 3. The van der Waals surface area contributed by atoms with Crippen molar-refractivity contribution >= 4 is 58.4 Å². The summed E-state index contributed by atoms with van der Waals surface area (Å²) >= 11 is 6.94. The number of nitrogens with zero attached hydrogens (tertiary/aromatic N) is 1. The molecule has 0 aliphatic carbocycles. The molecule has 2 aromatic carbocycles. The normalized spacial score (nSPS) is 17.1. The zero-order chi connectivity index (χ0) is 25.5. The van der Waals surface area contributed by atoms with Gasteiger partial charge < -0.3 is 20.7 Å². The highest BCUT2D eigenvalue weighted by Crippen LogP contribution is 2.40. The third-order valence-electron chi connectivity index (χ3n) is 5.05. The number of esters is 1. The monoisotopic (exact) mass is 512 g/mol. The second-order valence-corrected chi connectivity index (χ2v) is 8.89. The highest BCUT2D eigenvalue weighted by molar-refractivity contribution is 8.03. The van der Waals surface area contributed by atoms with E-state index in [0.717, 1.165) is 11.8 Å². The topological polar surface area (TPSA) is 137 Å². The predicted molar refractivity (Wildman–Crippen MR) is 132 cm³/mol. The van der Waals surface area contributed by atoms with Crippen molar-refractivity contribution in [2.75, 3.05) is 23.5 Å². The van der Waals surface area contributed by atoms with E-state index in [1.165, 1.54) is 14.0 Å². The first-order valence-corrected chi connectivity index (χ1v) is 11.7. The van der Waals surface area contributed by atoms with Gasteiger partial charge in [-0.15, -0.1) is 0 Å². The van der Waals surface area contributed by atoms with Crippen LogP contribution in [0.25, 0.3) is 0 Å². The Hall–Kier alpha value is -3.81. The number of carbonyl (C=O) groups excluding carboxylic acids is 4. The van der Waals surface area contributed by atoms with Crippen LogP contribution in [0, 0.1) is 17.2 Å². The number of anilines is 2. The van der Waals surface area contributed by atoms with Gasteiger partial charge in [-0.2, -0.15) is 5.26 Å². The lowest BCUT2D eigenvalue weighted by molar-refractivity contribution is -0.150. The van der Waals surface area contributed by atoms with Gasteiger partial charge in [-0.05, 0) is 42.0 Å². The zero-order valence-electron chi connectivity index (χ0n) is 18.8. The number of carbonyl (C=O) groups is 4. The Kier molecular flexibility index (Phi) is 8.52. The van der Waals surface area contributed by atoms with Gasteiger partial charge in [-0.25, -0.2) is 0 Å². The number of hydrogen-bond acceptors (Lipinski definition) is 7. The maximum Gasteiger partial charge on any atom is 0.319 e. The standard InChI is InChI=1S/C24H21ClN4O5S/c1-13(30)27-16-7-9-17(10-8-16)28-19(31)12-35-23-18(11-26)20(14-3-5-15(25)6-4-14)21(22(32)29-23)24(33)34-2/h3-10,20-21H,12H2,1-2H3,(H,27,30)(H,28,31)(H,29,32)/t20-,21+/m1/s1. The number of nitrogens with one attached hydrogen (secondary N) is 3. The van der Waals surface area contributed by atoms with Gasteiger partial charge in [-0.1, -0.05) is 35.5 Å². The molecule has 0 aromatic heterocycles. The fourth-order valence-electron chi connectivity index (χ4n) is 3.52. The molecule has 3 N–H and O–H groups in total. The largest absolute Gasteiger partial charge is 0.468 e. The smallest absolute Gasteiger partial charge is 0.319 e. The molecule has 1 aliphatic rings. The molecular weight excluding hydrogens is 492 g/mol. The number of halogens is 1. The van der Waals surface area contributed by atoms with E-state index >= 15 is 0 Å². The quantitative estimate of drug-likeness (QED) is 0.382. The van der Waals surface area contributed by atoms with Gasteiger partial charge in [0.25, 0.3) is 0 Å². The summed E-state index contributed by atoms with van der Waals surface area (Å²) in [4.78, 5) is 48.9. The van der Waals surface area contributed by atoms with Crippen LogP contribution in [0.5, 0.6) is 0 Å². The molecule has 0 unspecified atom stereocenters. The Morgan fingerprint density at radius 1 is 1.09 bits per heavy atom. The number of allylic oxidation sites excluding steroid dienone is 1. The van der Waals surface area contributed by atoms with E-state index in [9.17, 15) is 24.4 Å². The van der Waals surface area contributed by atoms with Crippen molar-refractivity contribution in [3.05, 3.63) is 69.7 Å². The second kappa shape index (κ2) is 11.6. The lowest BCUT2D eigenvalue weighted by Gasteiger charge is -2.30. The van der Waals surface area contributed by atoms with Gasteiger partial charge >= 0.3 is 5.97 Å². The Morgan fingerprint density at radius 2 is 1.69 bits per heavy atom. The van der Waals surface area contributed by atoms with Crippen LogP contribution < -0.4 is 16.0 Å². The molecule has 35 heavy (non-hydrogen) atoms. The maximum absolute atomic E-state index is 12.8. The Morgan fingerprint density at radius 3 is 2.23 bits per heavy atom. The van der Waals surface area contributed by atoms with Gasteiger partial charge in [0, 0.05) is 29.2 Å². The Labute approximate surface area is 210 Å². The number of ether oxygens (including phenoxy) is 1. The number of thioether (sulfide) groups is 1. The molecule has 0 saturated carbocycles. The minimum atomic E-state index is -1.27. The molecule has 2 aromatic rings. The zero-order valence-corrected chi connectivity index (χ0v) is 20.3. The van der Waals surface area contributed by atoms with Crippen molar-refractivity contribution in [2.24, 2.45) is 5.92 Å². The maximum atomic E-state index is 12.8. The summed E-state index contributed by atoms with van der Waals surface area (Å²) in [7, 11) is 1.17. The molecule has 0 radical (unpaired) electrons.